The van der Waals surface area contributed by atoms with E-state index in [1.807, 2.05) is 0 Å². The molecule has 4 aliphatic carbocycles. The van der Waals surface area contributed by atoms with E-state index >= 15 is 0 Å². The highest BCUT2D eigenvalue weighted by atomic mass is 16.4. The third kappa shape index (κ3) is 0.877. The Kier molecular flexibility index (Phi) is 1.44. The molecule has 3 nitrogen and oxygen atoms in total. The van der Waals surface area contributed by atoms with E-state index < -0.39 is 11.4 Å². The molecule has 0 radical (unpaired) electrons. The number of carbonyl (C=O) groups excluding carboxylic acids is 1. The Hall–Kier alpha value is -0.860. The van der Waals surface area contributed by atoms with Crippen molar-refractivity contribution >= 4 is 11.8 Å². The number of carbonyl (C=O) groups is 2. The van der Waals surface area contributed by atoms with Gasteiger partial charge in [0.15, 0.2) is 0 Å². The predicted molar refractivity (Wildman–Crippen MR) is 48.6 cm³/mol. The van der Waals surface area contributed by atoms with E-state index in [-0.39, 0.29) is 11.8 Å². The molecule has 0 saturated heterocycles. The molecular formula is C11H14O3. The van der Waals surface area contributed by atoms with Crippen LogP contribution in [0.2, 0.25) is 0 Å². The second-order valence-corrected chi connectivity index (χ2v) is 5.33. The SMILES string of the molecule is O=C1[C@@H]2C[C@@H]3C[C@H]1C[C@@](C(=O)O)(C3)C2. The summed E-state index contributed by atoms with van der Waals surface area (Å²) in [7, 11) is 0. The van der Waals surface area contributed by atoms with Gasteiger partial charge in [-0.05, 0) is 38.0 Å². The molecule has 0 aromatic carbocycles. The summed E-state index contributed by atoms with van der Waals surface area (Å²) in [4.78, 5) is 23.0. The molecule has 4 saturated carbocycles. The number of hydrogen-bond acceptors (Lipinski definition) is 2. The molecule has 0 heterocycles. The zero-order valence-electron chi connectivity index (χ0n) is 8.03. The Bertz CT molecular complexity index is 302. The van der Waals surface area contributed by atoms with Crippen molar-refractivity contribution in [3.8, 4) is 0 Å². The number of ketones is 1. The van der Waals surface area contributed by atoms with Crippen LogP contribution in [0.3, 0.4) is 0 Å². The molecule has 14 heavy (non-hydrogen) atoms. The number of aliphatic carboxylic acids is 1. The van der Waals surface area contributed by atoms with Gasteiger partial charge < -0.3 is 5.11 Å². The van der Waals surface area contributed by atoms with Crippen LogP contribution >= 0.6 is 0 Å². The Morgan fingerprint density at radius 1 is 1.21 bits per heavy atom. The molecule has 4 bridgehead atoms. The summed E-state index contributed by atoms with van der Waals surface area (Å²) in [6, 6.07) is 0. The third-order valence-corrected chi connectivity index (χ3v) is 4.45. The van der Waals surface area contributed by atoms with Crippen molar-refractivity contribution in [1.29, 1.82) is 0 Å². The predicted octanol–water partition coefficient (Wildman–Crippen LogP) is 1.47. The highest BCUT2D eigenvalue weighted by Gasteiger charge is 2.58. The van der Waals surface area contributed by atoms with Crippen LogP contribution in [-0.2, 0) is 9.59 Å². The highest BCUT2D eigenvalue weighted by molar-refractivity contribution is 5.89. The fraction of sp³-hybridized carbons (Fsp3) is 0.818. The smallest absolute Gasteiger partial charge is 0.309 e. The van der Waals surface area contributed by atoms with E-state index in [0.29, 0.717) is 24.5 Å². The Morgan fingerprint density at radius 2 is 1.79 bits per heavy atom. The van der Waals surface area contributed by atoms with Crippen LogP contribution < -0.4 is 0 Å². The molecule has 4 aliphatic rings. The van der Waals surface area contributed by atoms with Crippen LogP contribution in [0.4, 0.5) is 0 Å². The first-order valence-corrected chi connectivity index (χ1v) is 5.38. The molecule has 0 aromatic heterocycles. The maximum atomic E-state index is 11.7. The van der Waals surface area contributed by atoms with Gasteiger partial charge in [-0.2, -0.15) is 0 Å². The topological polar surface area (TPSA) is 54.4 Å². The molecule has 0 aliphatic heterocycles. The van der Waals surface area contributed by atoms with E-state index in [9.17, 15) is 14.7 Å². The van der Waals surface area contributed by atoms with E-state index in [1.54, 1.807) is 0 Å². The quantitative estimate of drug-likeness (QED) is 0.687. The van der Waals surface area contributed by atoms with Gasteiger partial charge in [0.25, 0.3) is 0 Å². The van der Waals surface area contributed by atoms with E-state index in [1.165, 1.54) is 0 Å². The van der Waals surface area contributed by atoms with Crippen molar-refractivity contribution in [2.45, 2.75) is 32.1 Å². The van der Waals surface area contributed by atoms with Crippen LogP contribution in [0.5, 0.6) is 0 Å². The number of Topliss-reactive ketones (excluding diaryl/α,β-unsaturated/α-hetero) is 1. The average Bonchev–Trinajstić information content (AvgIpc) is 2.12. The van der Waals surface area contributed by atoms with Crippen LogP contribution in [0.25, 0.3) is 0 Å². The third-order valence-electron chi connectivity index (χ3n) is 4.45. The van der Waals surface area contributed by atoms with E-state index in [4.69, 9.17) is 0 Å². The molecule has 1 N–H and O–H groups in total. The van der Waals surface area contributed by atoms with Gasteiger partial charge in [-0.1, -0.05) is 0 Å². The largest absolute Gasteiger partial charge is 0.481 e. The second kappa shape index (κ2) is 2.38. The summed E-state index contributed by atoms with van der Waals surface area (Å²) in [5.41, 5.74) is -0.523. The number of carboxylic acid groups (broad SMARTS) is 1. The molecule has 0 amide bonds. The monoisotopic (exact) mass is 194 g/mol. The summed E-state index contributed by atoms with van der Waals surface area (Å²) in [6.07, 6.45) is 3.99. The normalized spacial score (nSPS) is 49.7. The lowest BCUT2D eigenvalue weighted by molar-refractivity contribution is -0.169. The minimum Gasteiger partial charge on any atom is -0.481 e. The number of rotatable bonds is 1. The minimum absolute atomic E-state index is 0.0809. The van der Waals surface area contributed by atoms with Crippen molar-refractivity contribution in [3.05, 3.63) is 0 Å². The Labute approximate surface area is 82.5 Å². The zero-order chi connectivity index (χ0) is 9.92. The van der Waals surface area contributed by atoms with Gasteiger partial charge in [-0.25, -0.2) is 0 Å². The summed E-state index contributed by atoms with van der Waals surface area (Å²) < 4.78 is 0. The second-order valence-electron chi connectivity index (χ2n) is 5.33. The number of carboxylic acids is 1. The first kappa shape index (κ1) is 8.45. The Morgan fingerprint density at radius 3 is 2.29 bits per heavy atom. The van der Waals surface area contributed by atoms with Gasteiger partial charge in [0.2, 0.25) is 0 Å². The molecule has 4 fully saturated rings. The summed E-state index contributed by atoms with van der Waals surface area (Å²) >= 11 is 0. The molecule has 76 valence electrons. The van der Waals surface area contributed by atoms with Gasteiger partial charge in [-0.15, -0.1) is 0 Å². The van der Waals surface area contributed by atoms with Crippen LogP contribution in [0, 0.1) is 23.2 Å². The number of hydrogen-bond donors (Lipinski definition) is 1. The van der Waals surface area contributed by atoms with Crippen molar-refractivity contribution in [2.75, 3.05) is 0 Å². The minimum atomic E-state index is -0.663. The van der Waals surface area contributed by atoms with Gasteiger partial charge in [0.05, 0.1) is 5.41 Å². The first-order chi connectivity index (χ1) is 6.61. The summed E-state index contributed by atoms with van der Waals surface area (Å²) in [6.45, 7) is 0. The maximum absolute atomic E-state index is 11.7. The van der Waals surface area contributed by atoms with Crippen molar-refractivity contribution in [1.82, 2.24) is 0 Å². The van der Waals surface area contributed by atoms with Crippen molar-refractivity contribution in [2.24, 2.45) is 23.2 Å². The molecule has 4 atom stereocenters. The van der Waals surface area contributed by atoms with Gasteiger partial charge in [-0.3, -0.25) is 9.59 Å². The van der Waals surface area contributed by atoms with Crippen LogP contribution in [-0.4, -0.2) is 16.9 Å². The maximum Gasteiger partial charge on any atom is 0.309 e. The first-order valence-electron chi connectivity index (χ1n) is 5.38. The van der Waals surface area contributed by atoms with E-state index in [0.717, 1.165) is 19.3 Å². The van der Waals surface area contributed by atoms with E-state index in [2.05, 4.69) is 0 Å². The fourth-order valence-electron chi connectivity index (χ4n) is 4.01. The van der Waals surface area contributed by atoms with Gasteiger partial charge in [0, 0.05) is 11.8 Å². The Balaban J connectivity index is 2.00. The van der Waals surface area contributed by atoms with Gasteiger partial charge in [0.1, 0.15) is 5.78 Å². The van der Waals surface area contributed by atoms with Crippen molar-refractivity contribution in [3.63, 3.8) is 0 Å². The molecular weight excluding hydrogens is 180 g/mol. The summed E-state index contributed by atoms with van der Waals surface area (Å²) in [5.74, 6) is 0.373. The standard InChI is InChI=1S/C11H14O3/c12-9-7-1-6-2-8(9)5-11(3-6,4-7)10(13)14/h6-8H,1-5H2,(H,13,14)/t6-,7-,8+,11-. The lowest BCUT2D eigenvalue weighted by atomic mass is 9.49. The molecule has 0 unspecified atom stereocenters. The lowest BCUT2D eigenvalue weighted by Crippen LogP contribution is -2.54. The van der Waals surface area contributed by atoms with Crippen LogP contribution in [0.1, 0.15) is 32.1 Å². The lowest BCUT2D eigenvalue weighted by Gasteiger charge is -2.53. The highest BCUT2D eigenvalue weighted by Crippen LogP contribution is 2.58. The fourth-order valence-corrected chi connectivity index (χ4v) is 4.01. The van der Waals surface area contributed by atoms with Crippen molar-refractivity contribution < 1.29 is 14.7 Å². The zero-order valence-corrected chi connectivity index (χ0v) is 8.03. The molecule has 0 spiro atoms. The molecule has 4 rings (SSSR count). The molecule has 0 aromatic rings. The summed E-state index contributed by atoms with van der Waals surface area (Å²) in [5, 5.41) is 9.25. The molecule has 3 heteroatoms. The average molecular weight is 194 g/mol. The van der Waals surface area contributed by atoms with Gasteiger partial charge >= 0.3 is 5.97 Å². The van der Waals surface area contributed by atoms with Crippen LogP contribution in [0.15, 0.2) is 0 Å².